The highest BCUT2D eigenvalue weighted by Crippen LogP contribution is 2.25. The highest BCUT2D eigenvalue weighted by atomic mass is 32.2. The summed E-state index contributed by atoms with van der Waals surface area (Å²) in [6.07, 6.45) is 8.04. The van der Waals surface area contributed by atoms with Gasteiger partial charge in [0.1, 0.15) is 5.82 Å². The molecule has 0 bridgehead atoms. The lowest BCUT2D eigenvalue weighted by Gasteiger charge is -2.29. The number of carbonyl (C=O) groups is 1. The molecule has 1 amide bonds. The van der Waals surface area contributed by atoms with Crippen LogP contribution < -0.4 is 10.2 Å². The zero-order chi connectivity index (χ0) is 21.7. The number of hydrogen-bond acceptors (Lipinski definition) is 5. The van der Waals surface area contributed by atoms with Crippen molar-refractivity contribution in [1.82, 2.24) is 14.6 Å². The fraction of sp³-hybridized carbons (Fsp3) is 0.478. The van der Waals surface area contributed by atoms with Crippen LogP contribution in [0.3, 0.4) is 0 Å². The van der Waals surface area contributed by atoms with Crippen LogP contribution in [0.1, 0.15) is 54.4 Å². The van der Waals surface area contributed by atoms with Gasteiger partial charge in [-0.15, -0.1) is 0 Å². The third-order valence-corrected chi connectivity index (χ3v) is 7.98. The molecule has 0 unspecified atom stereocenters. The fourth-order valence-corrected chi connectivity index (χ4v) is 6.06. The number of piperidine rings is 2. The maximum atomic E-state index is 13.2. The molecule has 3 heterocycles. The lowest BCUT2D eigenvalue weighted by atomic mass is 10.1. The van der Waals surface area contributed by atoms with E-state index in [0.717, 1.165) is 56.6 Å². The summed E-state index contributed by atoms with van der Waals surface area (Å²) < 4.78 is 27.9. The lowest BCUT2D eigenvalue weighted by Crippen LogP contribution is -2.37. The van der Waals surface area contributed by atoms with Crippen LogP contribution in [0.2, 0.25) is 0 Å². The van der Waals surface area contributed by atoms with E-state index in [2.05, 4.69) is 15.2 Å². The molecule has 2 aliphatic rings. The van der Waals surface area contributed by atoms with Crippen molar-refractivity contribution < 1.29 is 13.2 Å². The molecular weight excluding hydrogens is 412 g/mol. The molecule has 2 aliphatic heterocycles. The normalized spacial score (nSPS) is 18.0. The first kappa shape index (κ1) is 21.8. The molecule has 0 aliphatic carbocycles. The quantitative estimate of drug-likeness (QED) is 0.743. The number of pyridine rings is 1. The van der Waals surface area contributed by atoms with Crippen molar-refractivity contribution in [3.8, 4) is 0 Å². The Kier molecular flexibility index (Phi) is 6.87. The molecule has 8 heteroatoms. The van der Waals surface area contributed by atoms with Crippen LogP contribution in [0.15, 0.2) is 47.5 Å². The summed E-state index contributed by atoms with van der Waals surface area (Å²) >= 11 is 0. The number of hydrogen-bond donors (Lipinski definition) is 1. The summed E-state index contributed by atoms with van der Waals surface area (Å²) in [5.74, 6) is 0.515. The molecule has 2 fully saturated rings. The van der Waals surface area contributed by atoms with Gasteiger partial charge in [0.2, 0.25) is 10.0 Å². The Morgan fingerprint density at radius 3 is 2.32 bits per heavy atom. The zero-order valence-electron chi connectivity index (χ0n) is 17.8. The standard InChI is InChI=1S/C23H30N4O3S/c28-23(25-18-19-10-9-13-24-22(19)26-14-5-1-6-15-26)20-11-3-4-12-21(20)31(29,30)27-16-7-2-8-17-27/h3-4,9-13H,1-2,5-8,14-18H2,(H,25,28). The summed E-state index contributed by atoms with van der Waals surface area (Å²) in [4.78, 5) is 19.9. The molecular formula is C23H30N4O3S. The largest absolute Gasteiger partial charge is 0.356 e. The minimum atomic E-state index is -3.69. The van der Waals surface area contributed by atoms with Gasteiger partial charge in [-0.25, -0.2) is 13.4 Å². The Balaban J connectivity index is 1.52. The predicted octanol–water partition coefficient (Wildman–Crippen LogP) is 3.18. The van der Waals surface area contributed by atoms with Crippen molar-refractivity contribution in [3.63, 3.8) is 0 Å². The van der Waals surface area contributed by atoms with Gasteiger partial charge in [0.15, 0.2) is 0 Å². The van der Waals surface area contributed by atoms with Crippen molar-refractivity contribution in [2.75, 3.05) is 31.1 Å². The van der Waals surface area contributed by atoms with Crippen molar-refractivity contribution >= 4 is 21.7 Å². The first-order valence-corrected chi connectivity index (χ1v) is 12.6. The van der Waals surface area contributed by atoms with E-state index in [4.69, 9.17) is 0 Å². The molecule has 1 aromatic heterocycles. The van der Waals surface area contributed by atoms with Crippen LogP contribution in [0, 0.1) is 0 Å². The van der Waals surface area contributed by atoms with Gasteiger partial charge in [-0.05, 0) is 50.3 Å². The van der Waals surface area contributed by atoms with Gasteiger partial charge in [0, 0.05) is 44.5 Å². The zero-order valence-corrected chi connectivity index (χ0v) is 18.6. The van der Waals surface area contributed by atoms with E-state index in [0.29, 0.717) is 19.6 Å². The Hall–Kier alpha value is -2.45. The number of carbonyl (C=O) groups excluding carboxylic acids is 1. The highest BCUT2D eigenvalue weighted by molar-refractivity contribution is 7.89. The molecule has 166 valence electrons. The van der Waals surface area contributed by atoms with Crippen LogP contribution in [0.5, 0.6) is 0 Å². The van der Waals surface area contributed by atoms with Crippen LogP contribution >= 0.6 is 0 Å². The van der Waals surface area contributed by atoms with Crippen LogP contribution in [0.4, 0.5) is 5.82 Å². The molecule has 31 heavy (non-hydrogen) atoms. The van der Waals surface area contributed by atoms with Gasteiger partial charge >= 0.3 is 0 Å². The van der Waals surface area contributed by atoms with Gasteiger partial charge in [0.25, 0.3) is 5.91 Å². The van der Waals surface area contributed by atoms with Gasteiger partial charge < -0.3 is 10.2 Å². The molecule has 0 saturated carbocycles. The second-order valence-corrected chi connectivity index (χ2v) is 10.1. The molecule has 1 N–H and O–H groups in total. The Labute approximate surface area is 184 Å². The molecule has 2 aromatic rings. The third kappa shape index (κ3) is 4.91. The Morgan fingerprint density at radius 1 is 0.903 bits per heavy atom. The van der Waals surface area contributed by atoms with Crippen molar-refractivity contribution in [1.29, 1.82) is 0 Å². The van der Waals surface area contributed by atoms with E-state index in [1.54, 1.807) is 24.4 Å². The van der Waals surface area contributed by atoms with Crippen molar-refractivity contribution in [2.24, 2.45) is 0 Å². The molecule has 0 radical (unpaired) electrons. The summed E-state index contributed by atoms with van der Waals surface area (Å²) in [7, 11) is -3.69. The summed E-state index contributed by atoms with van der Waals surface area (Å²) in [5.41, 5.74) is 1.13. The smallest absolute Gasteiger partial charge is 0.252 e. The van der Waals surface area contributed by atoms with Crippen molar-refractivity contribution in [3.05, 3.63) is 53.7 Å². The Bertz CT molecular complexity index is 1010. The number of rotatable bonds is 6. The molecule has 7 nitrogen and oxygen atoms in total. The molecule has 0 atom stereocenters. The predicted molar refractivity (Wildman–Crippen MR) is 121 cm³/mol. The van der Waals surface area contributed by atoms with E-state index < -0.39 is 10.0 Å². The number of nitrogens with one attached hydrogen (secondary N) is 1. The van der Waals surface area contributed by atoms with Gasteiger partial charge in [-0.3, -0.25) is 4.79 Å². The number of anilines is 1. The average Bonchev–Trinajstić information content (AvgIpc) is 2.84. The lowest BCUT2D eigenvalue weighted by molar-refractivity contribution is 0.0947. The number of sulfonamides is 1. The van der Waals surface area contributed by atoms with Crippen LogP contribution in [-0.4, -0.2) is 49.8 Å². The Morgan fingerprint density at radius 2 is 1.58 bits per heavy atom. The van der Waals surface area contributed by atoms with Gasteiger partial charge in [-0.1, -0.05) is 24.6 Å². The molecule has 2 saturated heterocycles. The number of benzene rings is 1. The first-order valence-electron chi connectivity index (χ1n) is 11.1. The minimum Gasteiger partial charge on any atom is -0.356 e. The van der Waals surface area contributed by atoms with E-state index in [9.17, 15) is 13.2 Å². The second kappa shape index (κ2) is 9.78. The number of aromatic nitrogens is 1. The second-order valence-electron chi connectivity index (χ2n) is 8.18. The van der Waals surface area contributed by atoms with Crippen molar-refractivity contribution in [2.45, 2.75) is 50.0 Å². The van der Waals surface area contributed by atoms with Crippen LogP contribution in [0.25, 0.3) is 0 Å². The summed E-state index contributed by atoms with van der Waals surface area (Å²) in [6, 6.07) is 10.3. The number of amides is 1. The maximum absolute atomic E-state index is 13.2. The van der Waals surface area contributed by atoms with Crippen LogP contribution in [-0.2, 0) is 16.6 Å². The number of nitrogens with zero attached hydrogens (tertiary/aromatic N) is 3. The van der Waals surface area contributed by atoms with E-state index in [1.165, 1.54) is 16.8 Å². The molecule has 1 aromatic carbocycles. The van der Waals surface area contributed by atoms with E-state index in [-0.39, 0.29) is 16.4 Å². The topological polar surface area (TPSA) is 82.6 Å². The summed E-state index contributed by atoms with van der Waals surface area (Å²) in [5, 5.41) is 2.92. The molecule has 0 spiro atoms. The molecule has 4 rings (SSSR count). The SMILES string of the molecule is O=C(NCc1cccnc1N1CCCCC1)c1ccccc1S(=O)(=O)N1CCCCC1. The first-order chi connectivity index (χ1) is 15.1. The summed E-state index contributed by atoms with van der Waals surface area (Å²) in [6.45, 7) is 3.25. The van der Waals surface area contributed by atoms with Gasteiger partial charge in [-0.2, -0.15) is 4.31 Å². The average molecular weight is 443 g/mol. The van der Waals surface area contributed by atoms with E-state index in [1.807, 2.05) is 12.1 Å². The fourth-order valence-electron chi connectivity index (χ4n) is 4.35. The maximum Gasteiger partial charge on any atom is 0.252 e. The third-order valence-electron chi connectivity index (χ3n) is 6.03. The minimum absolute atomic E-state index is 0.0804. The monoisotopic (exact) mass is 442 g/mol. The van der Waals surface area contributed by atoms with E-state index >= 15 is 0 Å². The highest BCUT2D eigenvalue weighted by Gasteiger charge is 2.29. The van der Waals surface area contributed by atoms with Gasteiger partial charge in [0.05, 0.1) is 10.5 Å².